The molecule has 0 aliphatic rings. The van der Waals surface area contributed by atoms with Crippen molar-refractivity contribution in [2.24, 2.45) is 11.1 Å². The number of rotatable bonds is 2. The van der Waals surface area contributed by atoms with Crippen molar-refractivity contribution in [3.05, 3.63) is 33.8 Å². The Kier molecular flexibility index (Phi) is 6.54. The molecule has 0 amide bonds. The van der Waals surface area contributed by atoms with Gasteiger partial charge in [-0.25, -0.2) is 0 Å². The molecule has 0 saturated heterocycles. The summed E-state index contributed by atoms with van der Waals surface area (Å²) in [5, 5.41) is 10.1. The van der Waals surface area contributed by atoms with E-state index in [2.05, 4.69) is 15.9 Å². The predicted molar refractivity (Wildman–Crippen MR) is 78.8 cm³/mol. The highest BCUT2D eigenvalue weighted by Crippen LogP contribution is 2.36. The van der Waals surface area contributed by atoms with Crippen LogP contribution in [0.3, 0.4) is 0 Å². The molecule has 116 valence electrons. The highest BCUT2D eigenvalue weighted by molar-refractivity contribution is 9.10. The molecule has 1 aromatic carbocycles. The van der Waals surface area contributed by atoms with E-state index >= 15 is 0 Å². The van der Waals surface area contributed by atoms with Crippen LogP contribution in [0.5, 0.6) is 0 Å². The van der Waals surface area contributed by atoms with Crippen molar-refractivity contribution in [1.82, 2.24) is 0 Å². The minimum Gasteiger partial charge on any atom is -0.391 e. The molecule has 2 atom stereocenters. The Morgan fingerprint density at radius 1 is 1.20 bits per heavy atom. The summed E-state index contributed by atoms with van der Waals surface area (Å²) in [5.41, 5.74) is 4.84. The second kappa shape index (κ2) is 6.64. The third-order valence-electron chi connectivity index (χ3n) is 2.91. The zero-order chi connectivity index (χ0) is 15.0. The molecule has 0 fully saturated rings. The van der Waals surface area contributed by atoms with E-state index in [4.69, 9.17) is 5.73 Å². The van der Waals surface area contributed by atoms with Gasteiger partial charge in [0.1, 0.15) is 0 Å². The Bertz CT molecular complexity index is 460. The summed E-state index contributed by atoms with van der Waals surface area (Å²) in [5.74, 6) is 0. The standard InChI is InChI=1S/C13H17BrF3NO.ClH/c1-12(2,3)11(19)10(18)8-6-7(13(15,16)17)4-5-9(8)14;/h4-6,10-11,19H,18H2,1-3H3;1H/t10-,11-;/m0./s1. The van der Waals surface area contributed by atoms with Gasteiger partial charge in [0.25, 0.3) is 0 Å². The molecule has 0 heterocycles. The maximum absolute atomic E-state index is 12.7. The minimum absolute atomic E-state index is 0. The van der Waals surface area contributed by atoms with Gasteiger partial charge in [-0.2, -0.15) is 13.2 Å². The van der Waals surface area contributed by atoms with Gasteiger partial charge in [0.2, 0.25) is 0 Å². The molecule has 0 aliphatic heterocycles. The fourth-order valence-electron chi connectivity index (χ4n) is 1.68. The Hall–Kier alpha value is -0.300. The molecule has 0 aliphatic carbocycles. The molecule has 2 nitrogen and oxygen atoms in total. The monoisotopic (exact) mass is 375 g/mol. The predicted octanol–water partition coefficient (Wildman–Crippen LogP) is 4.30. The number of aliphatic hydroxyl groups excluding tert-OH is 1. The maximum Gasteiger partial charge on any atom is 0.416 e. The molecule has 0 spiro atoms. The Balaban J connectivity index is 0.00000361. The number of nitrogens with two attached hydrogens (primary N) is 1. The van der Waals surface area contributed by atoms with Crippen LogP contribution in [0.2, 0.25) is 0 Å². The van der Waals surface area contributed by atoms with Crippen molar-refractivity contribution < 1.29 is 18.3 Å². The van der Waals surface area contributed by atoms with E-state index in [0.717, 1.165) is 12.1 Å². The van der Waals surface area contributed by atoms with Gasteiger partial charge in [-0.15, -0.1) is 12.4 Å². The Labute approximate surface area is 131 Å². The summed E-state index contributed by atoms with van der Waals surface area (Å²) < 4.78 is 38.5. The minimum atomic E-state index is -4.43. The van der Waals surface area contributed by atoms with Crippen molar-refractivity contribution in [3.63, 3.8) is 0 Å². The summed E-state index contributed by atoms with van der Waals surface area (Å²) in [6.45, 7) is 5.33. The van der Waals surface area contributed by atoms with E-state index in [1.165, 1.54) is 6.07 Å². The molecular weight excluding hydrogens is 358 g/mol. The van der Waals surface area contributed by atoms with Crippen molar-refractivity contribution in [1.29, 1.82) is 0 Å². The molecule has 0 unspecified atom stereocenters. The molecule has 0 radical (unpaired) electrons. The van der Waals surface area contributed by atoms with E-state index in [9.17, 15) is 18.3 Å². The van der Waals surface area contributed by atoms with Gasteiger partial charge in [0.05, 0.1) is 17.7 Å². The molecule has 0 aromatic heterocycles. The number of aliphatic hydroxyl groups is 1. The zero-order valence-electron chi connectivity index (χ0n) is 11.3. The lowest BCUT2D eigenvalue weighted by Gasteiger charge is -2.31. The molecule has 0 saturated carbocycles. The molecule has 7 heteroatoms. The number of halogens is 5. The van der Waals surface area contributed by atoms with Crippen LogP contribution in [0.1, 0.15) is 37.9 Å². The first-order chi connectivity index (χ1) is 8.44. The number of hydrogen-bond acceptors (Lipinski definition) is 2. The smallest absolute Gasteiger partial charge is 0.391 e. The largest absolute Gasteiger partial charge is 0.416 e. The van der Waals surface area contributed by atoms with E-state index in [1.54, 1.807) is 20.8 Å². The first-order valence-electron chi connectivity index (χ1n) is 5.75. The van der Waals surface area contributed by atoms with Gasteiger partial charge >= 0.3 is 6.18 Å². The lowest BCUT2D eigenvalue weighted by atomic mass is 9.82. The SMILES string of the molecule is CC(C)(C)[C@@H](O)[C@@H](N)c1cc(C(F)(F)F)ccc1Br.Cl. The average Bonchev–Trinajstić information content (AvgIpc) is 2.25. The maximum atomic E-state index is 12.7. The summed E-state index contributed by atoms with van der Waals surface area (Å²) in [6, 6.07) is 2.36. The van der Waals surface area contributed by atoms with Gasteiger partial charge in [0, 0.05) is 4.47 Å². The summed E-state index contributed by atoms with van der Waals surface area (Å²) >= 11 is 3.17. The van der Waals surface area contributed by atoms with E-state index in [-0.39, 0.29) is 18.0 Å². The average molecular weight is 377 g/mol. The number of alkyl halides is 3. The summed E-state index contributed by atoms with van der Waals surface area (Å²) in [7, 11) is 0. The molecule has 20 heavy (non-hydrogen) atoms. The Morgan fingerprint density at radius 3 is 2.10 bits per heavy atom. The Morgan fingerprint density at radius 2 is 1.70 bits per heavy atom. The first kappa shape index (κ1) is 19.7. The van der Waals surface area contributed by atoms with Crippen LogP contribution in [-0.2, 0) is 6.18 Å². The first-order valence-corrected chi connectivity index (χ1v) is 6.54. The second-order valence-electron chi connectivity index (χ2n) is 5.57. The van der Waals surface area contributed by atoms with Crippen LogP contribution in [0.4, 0.5) is 13.2 Å². The fourth-order valence-corrected chi connectivity index (χ4v) is 2.20. The highest BCUT2D eigenvalue weighted by atomic mass is 79.9. The molecular formula is C13H18BrClF3NO. The number of benzene rings is 1. The molecule has 0 bridgehead atoms. The molecule has 1 aromatic rings. The summed E-state index contributed by atoms with van der Waals surface area (Å²) in [6.07, 6.45) is -5.38. The highest BCUT2D eigenvalue weighted by Gasteiger charge is 2.34. The van der Waals surface area contributed by atoms with Crippen LogP contribution in [0.15, 0.2) is 22.7 Å². The number of hydrogen-bond donors (Lipinski definition) is 2. The van der Waals surface area contributed by atoms with Crippen LogP contribution in [0, 0.1) is 5.41 Å². The van der Waals surface area contributed by atoms with Gasteiger partial charge in [-0.05, 0) is 29.2 Å². The van der Waals surface area contributed by atoms with Gasteiger partial charge in [-0.1, -0.05) is 36.7 Å². The zero-order valence-corrected chi connectivity index (χ0v) is 13.7. The lowest BCUT2D eigenvalue weighted by molar-refractivity contribution is -0.137. The van der Waals surface area contributed by atoms with Crippen LogP contribution >= 0.6 is 28.3 Å². The second-order valence-corrected chi connectivity index (χ2v) is 6.43. The van der Waals surface area contributed by atoms with Gasteiger partial charge in [-0.3, -0.25) is 0 Å². The molecule has 1 rings (SSSR count). The lowest BCUT2D eigenvalue weighted by Crippen LogP contribution is -2.37. The van der Waals surface area contributed by atoms with Crippen LogP contribution in [0.25, 0.3) is 0 Å². The summed E-state index contributed by atoms with van der Waals surface area (Å²) in [4.78, 5) is 0. The van der Waals surface area contributed by atoms with Crippen LogP contribution < -0.4 is 5.73 Å². The van der Waals surface area contributed by atoms with E-state index in [0.29, 0.717) is 4.47 Å². The van der Waals surface area contributed by atoms with Crippen LogP contribution in [-0.4, -0.2) is 11.2 Å². The third kappa shape index (κ3) is 4.62. The normalized spacial score (nSPS) is 15.4. The van der Waals surface area contributed by atoms with Crippen molar-refractivity contribution in [2.45, 2.75) is 39.1 Å². The van der Waals surface area contributed by atoms with Gasteiger partial charge in [0.15, 0.2) is 0 Å². The molecule has 3 N–H and O–H groups in total. The fraction of sp³-hybridized carbons (Fsp3) is 0.538. The third-order valence-corrected chi connectivity index (χ3v) is 3.63. The van der Waals surface area contributed by atoms with Crippen molar-refractivity contribution >= 4 is 28.3 Å². The quantitative estimate of drug-likeness (QED) is 0.808. The van der Waals surface area contributed by atoms with E-state index < -0.39 is 29.3 Å². The van der Waals surface area contributed by atoms with Crippen molar-refractivity contribution in [3.8, 4) is 0 Å². The van der Waals surface area contributed by atoms with Gasteiger partial charge < -0.3 is 10.8 Å². The van der Waals surface area contributed by atoms with Crippen molar-refractivity contribution in [2.75, 3.05) is 0 Å². The van der Waals surface area contributed by atoms with E-state index in [1.807, 2.05) is 0 Å². The topological polar surface area (TPSA) is 46.2 Å².